The maximum Gasteiger partial charge on any atom is 0.394 e. The van der Waals surface area contributed by atoms with Gasteiger partial charge in [-0.05, 0) is 13.8 Å². The molecule has 0 aliphatic rings. The minimum absolute atomic E-state index is 0. The van der Waals surface area contributed by atoms with Gasteiger partial charge in [0.1, 0.15) is 0 Å². The molecule has 0 aromatic rings. The summed E-state index contributed by atoms with van der Waals surface area (Å²) >= 11 is 0. The molecule has 0 fully saturated rings. The van der Waals surface area contributed by atoms with Crippen LogP contribution in [-0.4, -0.2) is 30.7 Å². The molecule has 8 N–H and O–H groups in total. The summed E-state index contributed by atoms with van der Waals surface area (Å²) in [6.07, 6.45) is 2.64. The third kappa shape index (κ3) is 296. The standard InChI is InChI=1S/C4H10O.C4H10.2H3N.H2O4S/c1-3-5-4-2;1-3-4-2;;;1-5(2,3)4/h3-4H2,1-2H3;3-4H2,1-2H3;2*1H3;(H2,1,2,3,4). The normalized spacial score (nSPS) is 8.12. The Morgan fingerprint density at radius 2 is 1.06 bits per heavy atom. The lowest BCUT2D eigenvalue weighted by atomic mass is 10.4. The van der Waals surface area contributed by atoms with Gasteiger partial charge in [-0.15, -0.1) is 0 Å². The maximum absolute atomic E-state index is 8.74. The molecule has 0 atom stereocenters. The first kappa shape index (κ1) is 29.7. The van der Waals surface area contributed by atoms with Crippen LogP contribution >= 0.6 is 0 Å². The molecule has 8 heteroatoms. The predicted octanol–water partition coefficient (Wildman–Crippen LogP) is 2.52. The van der Waals surface area contributed by atoms with Crippen molar-refractivity contribution in [3.05, 3.63) is 0 Å². The van der Waals surface area contributed by atoms with Crippen LogP contribution in [0, 0.1) is 0 Å². The van der Waals surface area contributed by atoms with E-state index in [-0.39, 0.29) is 12.3 Å². The monoisotopic (exact) mass is 264 g/mol. The van der Waals surface area contributed by atoms with Crippen molar-refractivity contribution in [3.8, 4) is 0 Å². The molecule has 0 unspecified atom stereocenters. The zero-order valence-corrected chi connectivity index (χ0v) is 11.6. The Hall–Kier alpha value is -0.250. The van der Waals surface area contributed by atoms with Crippen molar-refractivity contribution < 1.29 is 22.3 Å². The van der Waals surface area contributed by atoms with Gasteiger partial charge in [0, 0.05) is 13.2 Å². The third-order valence-corrected chi connectivity index (χ3v) is 0.908. The van der Waals surface area contributed by atoms with Gasteiger partial charge in [-0.25, -0.2) is 0 Å². The highest BCUT2D eigenvalue weighted by molar-refractivity contribution is 7.79. The molecule has 0 amide bonds. The van der Waals surface area contributed by atoms with Crippen molar-refractivity contribution in [3.63, 3.8) is 0 Å². The Kier molecular flexibility index (Phi) is 44.7. The average Bonchev–Trinajstić information content (AvgIpc) is 2.03. The molecule has 0 aliphatic heterocycles. The van der Waals surface area contributed by atoms with Crippen LogP contribution in [0.5, 0.6) is 0 Å². The van der Waals surface area contributed by atoms with Crippen LogP contribution in [-0.2, 0) is 15.1 Å². The summed E-state index contributed by atoms with van der Waals surface area (Å²) in [5, 5.41) is 0. The van der Waals surface area contributed by atoms with E-state index in [0.29, 0.717) is 0 Å². The van der Waals surface area contributed by atoms with Gasteiger partial charge in [-0.3, -0.25) is 9.11 Å². The Bertz CT molecular complexity index is 161. The second-order valence-electron chi connectivity index (χ2n) is 2.23. The Morgan fingerprint density at radius 1 is 0.875 bits per heavy atom. The quantitative estimate of drug-likeness (QED) is 0.571. The summed E-state index contributed by atoms with van der Waals surface area (Å²) in [6, 6.07) is 0. The average molecular weight is 264 g/mol. The lowest BCUT2D eigenvalue weighted by Gasteiger charge is -1.86. The molecule has 0 bridgehead atoms. The summed E-state index contributed by atoms with van der Waals surface area (Å²) in [5.74, 6) is 0. The second kappa shape index (κ2) is 24.1. The van der Waals surface area contributed by atoms with Crippen molar-refractivity contribution in [1.29, 1.82) is 0 Å². The van der Waals surface area contributed by atoms with Crippen LogP contribution in [0.3, 0.4) is 0 Å². The zero-order valence-electron chi connectivity index (χ0n) is 10.8. The van der Waals surface area contributed by atoms with E-state index in [0.717, 1.165) is 13.2 Å². The highest BCUT2D eigenvalue weighted by Crippen LogP contribution is 1.76. The van der Waals surface area contributed by atoms with E-state index in [9.17, 15) is 0 Å². The summed E-state index contributed by atoms with van der Waals surface area (Å²) in [4.78, 5) is 0. The van der Waals surface area contributed by atoms with Crippen molar-refractivity contribution in [2.24, 2.45) is 0 Å². The summed E-state index contributed by atoms with van der Waals surface area (Å²) < 4.78 is 36.4. The lowest BCUT2D eigenvalue weighted by Crippen LogP contribution is -1.89. The fraction of sp³-hybridized carbons (Fsp3) is 1.00. The fourth-order valence-electron chi connectivity index (χ4n) is 0.204. The molecule has 0 aromatic heterocycles. The summed E-state index contributed by atoms with van der Waals surface area (Å²) in [6.45, 7) is 10.0. The van der Waals surface area contributed by atoms with Crippen LogP contribution in [0.2, 0.25) is 0 Å². The SMILES string of the molecule is CCCC.CCOCC.N.N.O=S(=O)(O)O. The van der Waals surface area contributed by atoms with Gasteiger partial charge in [0.2, 0.25) is 0 Å². The molecule has 0 aliphatic carbocycles. The number of unbranched alkanes of at least 4 members (excludes halogenated alkanes) is 1. The van der Waals surface area contributed by atoms with Gasteiger partial charge in [-0.1, -0.05) is 26.7 Å². The zero-order chi connectivity index (χ0) is 12.0. The van der Waals surface area contributed by atoms with Crippen LogP contribution < -0.4 is 12.3 Å². The fourth-order valence-corrected chi connectivity index (χ4v) is 0.204. The maximum atomic E-state index is 8.74. The second-order valence-corrected chi connectivity index (χ2v) is 3.12. The van der Waals surface area contributed by atoms with Crippen molar-refractivity contribution in [2.45, 2.75) is 40.5 Å². The molecular weight excluding hydrogens is 236 g/mol. The first-order valence-electron chi connectivity index (χ1n) is 4.60. The van der Waals surface area contributed by atoms with Gasteiger partial charge < -0.3 is 17.0 Å². The van der Waals surface area contributed by atoms with Crippen molar-refractivity contribution in [1.82, 2.24) is 12.3 Å². The number of ether oxygens (including phenoxy) is 1. The van der Waals surface area contributed by atoms with Gasteiger partial charge >= 0.3 is 10.4 Å². The van der Waals surface area contributed by atoms with Gasteiger partial charge in [0.15, 0.2) is 0 Å². The van der Waals surface area contributed by atoms with Gasteiger partial charge in [0.25, 0.3) is 0 Å². The highest BCUT2D eigenvalue weighted by Gasteiger charge is 1.84. The molecule has 0 saturated heterocycles. The van der Waals surface area contributed by atoms with E-state index in [1.165, 1.54) is 12.8 Å². The van der Waals surface area contributed by atoms with Crippen molar-refractivity contribution in [2.75, 3.05) is 13.2 Å². The Labute approximate surface area is 99.3 Å². The molecule has 0 rings (SSSR count). The molecule has 7 nitrogen and oxygen atoms in total. The lowest BCUT2D eigenvalue weighted by molar-refractivity contribution is 0.162. The molecule has 0 spiro atoms. The minimum Gasteiger partial charge on any atom is -0.382 e. The number of hydrogen-bond donors (Lipinski definition) is 4. The van der Waals surface area contributed by atoms with Crippen molar-refractivity contribution >= 4 is 10.4 Å². The summed E-state index contributed by atoms with van der Waals surface area (Å²) in [7, 11) is -4.67. The van der Waals surface area contributed by atoms with Gasteiger partial charge in [-0.2, -0.15) is 8.42 Å². The van der Waals surface area contributed by atoms with E-state index in [1.54, 1.807) is 0 Å². The topological polar surface area (TPSA) is 154 Å². The highest BCUT2D eigenvalue weighted by atomic mass is 32.3. The van der Waals surface area contributed by atoms with Crippen LogP contribution in [0.15, 0.2) is 0 Å². The van der Waals surface area contributed by atoms with E-state index >= 15 is 0 Å². The van der Waals surface area contributed by atoms with E-state index in [2.05, 4.69) is 13.8 Å². The minimum atomic E-state index is -4.67. The van der Waals surface area contributed by atoms with E-state index in [4.69, 9.17) is 22.3 Å². The van der Waals surface area contributed by atoms with Crippen LogP contribution in [0.1, 0.15) is 40.5 Å². The number of hydrogen-bond acceptors (Lipinski definition) is 5. The van der Waals surface area contributed by atoms with Crippen LogP contribution in [0.4, 0.5) is 0 Å². The van der Waals surface area contributed by atoms with E-state index < -0.39 is 10.4 Å². The Morgan fingerprint density at radius 3 is 1.06 bits per heavy atom. The molecule has 0 radical (unpaired) electrons. The smallest absolute Gasteiger partial charge is 0.382 e. The molecule has 106 valence electrons. The largest absolute Gasteiger partial charge is 0.394 e. The molecule has 0 heterocycles. The first-order valence-corrected chi connectivity index (χ1v) is 6.00. The Balaban J connectivity index is -0.0000000358. The van der Waals surface area contributed by atoms with Gasteiger partial charge in [0.05, 0.1) is 0 Å². The third-order valence-electron chi connectivity index (χ3n) is 0.908. The number of rotatable bonds is 3. The molecule has 0 saturated carbocycles. The predicted molar refractivity (Wildman–Crippen MR) is 67.0 cm³/mol. The molecule has 0 aromatic carbocycles. The van der Waals surface area contributed by atoms with E-state index in [1.807, 2.05) is 13.8 Å². The molecule has 16 heavy (non-hydrogen) atoms. The van der Waals surface area contributed by atoms with Crippen LogP contribution in [0.25, 0.3) is 0 Å². The summed E-state index contributed by atoms with van der Waals surface area (Å²) in [5.41, 5.74) is 0. The first-order chi connectivity index (χ1) is 6.33. The molecular formula is C8H28N2O5S.